The first kappa shape index (κ1) is 27.8. The van der Waals surface area contributed by atoms with Gasteiger partial charge in [-0.25, -0.2) is 5.48 Å². The van der Waals surface area contributed by atoms with E-state index in [9.17, 15) is 14.4 Å². The fourth-order valence-corrected chi connectivity index (χ4v) is 2.95. The molecule has 0 saturated carbocycles. The molecule has 12 heteroatoms. The summed E-state index contributed by atoms with van der Waals surface area (Å²) in [5.41, 5.74) is 20.3. The first-order chi connectivity index (χ1) is 17.2. The lowest BCUT2D eigenvalue weighted by Crippen LogP contribution is -2.50. The van der Waals surface area contributed by atoms with Crippen LogP contribution in [0.5, 0.6) is 0 Å². The maximum atomic E-state index is 12.2. The Balaban J connectivity index is 1.90. The summed E-state index contributed by atoms with van der Waals surface area (Å²) in [5, 5.41) is 23.6. The van der Waals surface area contributed by atoms with Crippen molar-refractivity contribution in [3.8, 4) is 11.8 Å². The van der Waals surface area contributed by atoms with E-state index in [1.165, 1.54) is 5.48 Å². The third-order valence-corrected chi connectivity index (χ3v) is 4.96. The Hall–Kier alpha value is -4.44. The zero-order valence-electron chi connectivity index (χ0n) is 19.5. The van der Waals surface area contributed by atoms with Gasteiger partial charge in [0.15, 0.2) is 5.96 Å². The molecular weight excluding hydrogens is 464 g/mol. The monoisotopic (exact) mass is 494 g/mol. The maximum absolute atomic E-state index is 12.2. The lowest BCUT2D eigenvalue weighted by Gasteiger charge is -2.14. The number of amides is 3. The smallest absolute Gasteiger partial charge is 0.267 e. The summed E-state index contributed by atoms with van der Waals surface area (Å²) < 4.78 is 0. The fourth-order valence-electron chi connectivity index (χ4n) is 2.95. The molecule has 36 heavy (non-hydrogen) atoms. The van der Waals surface area contributed by atoms with E-state index in [-0.39, 0.29) is 18.4 Å². The predicted molar refractivity (Wildman–Crippen MR) is 135 cm³/mol. The van der Waals surface area contributed by atoms with Gasteiger partial charge in [0.1, 0.15) is 6.04 Å². The molecule has 2 atom stereocenters. The molecular formula is C24H30N8O4. The SMILES string of the molecule is N=C(N)NCCC[C@H](N)C(=O)Nc1ccc(C#Cc2ccc(C(=O)N[C@@H](CN)C(=O)NO)cc2)cc1. The molecule has 2 aromatic rings. The Morgan fingerprint density at radius 2 is 1.56 bits per heavy atom. The lowest BCUT2D eigenvalue weighted by molar-refractivity contribution is -0.130. The molecule has 0 aromatic heterocycles. The standard InChI is InChI=1S/C24H30N8O4/c25-14-20(23(35)32-36)31-21(33)17-9-5-15(6-10-17)3-4-16-7-11-18(12-8-16)30-22(34)19(26)2-1-13-29-24(27)28/h5-12,19-20,36H,1-2,13-14,25-26H2,(H,30,34)(H,31,33)(H,32,35)(H4,27,28,29)/t19-,20-/m0/s1. The summed E-state index contributed by atoms with van der Waals surface area (Å²) in [6, 6.07) is 11.6. The number of hydrogen-bond donors (Lipinski definition) is 9. The van der Waals surface area contributed by atoms with Crippen molar-refractivity contribution in [1.29, 1.82) is 5.41 Å². The summed E-state index contributed by atoms with van der Waals surface area (Å²) in [4.78, 5) is 35.9. The zero-order valence-corrected chi connectivity index (χ0v) is 19.5. The van der Waals surface area contributed by atoms with Crippen molar-refractivity contribution in [3.05, 3.63) is 65.2 Å². The van der Waals surface area contributed by atoms with E-state index in [0.29, 0.717) is 36.2 Å². The van der Waals surface area contributed by atoms with E-state index in [1.54, 1.807) is 48.5 Å². The Morgan fingerprint density at radius 1 is 0.972 bits per heavy atom. The van der Waals surface area contributed by atoms with Crippen LogP contribution in [0.4, 0.5) is 5.69 Å². The highest BCUT2D eigenvalue weighted by molar-refractivity contribution is 5.97. The van der Waals surface area contributed by atoms with Crippen LogP contribution in [0.3, 0.4) is 0 Å². The molecule has 2 rings (SSSR count). The van der Waals surface area contributed by atoms with Gasteiger partial charge < -0.3 is 33.2 Å². The summed E-state index contributed by atoms with van der Waals surface area (Å²) in [5.74, 6) is 4.23. The molecule has 3 amide bonds. The number of rotatable bonds is 10. The van der Waals surface area contributed by atoms with Crippen molar-refractivity contribution >= 4 is 29.4 Å². The minimum absolute atomic E-state index is 0.122. The lowest BCUT2D eigenvalue weighted by atomic mass is 10.1. The Kier molecular flexibility index (Phi) is 10.9. The van der Waals surface area contributed by atoms with Gasteiger partial charge in [0.05, 0.1) is 6.04 Å². The van der Waals surface area contributed by atoms with Crippen molar-refractivity contribution < 1.29 is 19.6 Å². The maximum Gasteiger partial charge on any atom is 0.267 e. The molecule has 12 N–H and O–H groups in total. The zero-order chi connectivity index (χ0) is 26.5. The summed E-state index contributed by atoms with van der Waals surface area (Å²) in [6.45, 7) is 0.300. The summed E-state index contributed by atoms with van der Waals surface area (Å²) in [6.07, 6.45) is 1.05. The molecule has 0 saturated heterocycles. The topological polar surface area (TPSA) is 221 Å². The molecule has 0 fully saturated rings. The molecule has 0 spiro atoms. The molecule has 0 aliphatic heterocycles. The quantitative estimate of drug-likeness (QED) is 0.0505. The second-order valence-corrected chi connectivity index (χ2v) is 7.72. The highest BCUT2D eigenvalue weighted by Crippen LogP contribution is 2.10. The number of carbonyl (C=O) groups is 3. The van der Waals surface area contributed by atoms with Gasteiger partial charge in [-0.3, -0.25) is 25.0 Å². The van der Waals surface area contributed by atoms with Crippen LogP contribution in [0.2, 0.25) is 0 Å². The van der Waals surface area contributed by atoms with Crippen LogP contribution in [0, 0.1) is 17.3 Å². The fraction of sp³-hybridized carbons (Fsp3) is 0.250. The average molecular weight is 495 g/mol. The van der Waals surface area contributed by atoms with Crippen LogP contribution in [0.25, 0.3) is 0 Å². The molecule has 0 aliphatic carbocycles. The number of nitrogens with one attached hydrogen (secondary N) is 5. The van der Waals surface area contributed by atoms with E-state index in [1.807, 2.05) is 0 Å². The molecule has 12 nitrogen and oxygen atoms in total. The van der Waals surface area contributed by atoms with Gasteiger partial charge in [-0.05, 0) is 61.4 Å². The second-order valence-electron chi connectivity index (χ2n) is 7.72. The van der Waals surface area contributed by atoms with Crippen LogP contribution >= 0.6 is 0 Å². The summed E-state index contributed by atoms with van der Waals surface area (Å²) >= 11 is 0. The van der Waals surface area contributed by atoms with Gasteiger partial charge in [-0.2, -0.15) is 0 Å². The van der Waals surface area contributed by atoms with Crippen molar-refractivity contribution in [2.75, 3.05) is 18.4 Å². The number of guanidine groups is 1. The Labute approximate surface area is 208 Å². The molecule has 0 aliphatic rings. The number of hydrogen-bond acceptors (Lipinski definition) is 7. The van der Waals surface area contributed by atoms with E-state index in [2.05, 4.69) is 27.8 Å². The number of nitrogens with two attached hydrogens (primary N) is 3. The first-order valence-electron chi connectivity index (χ1n) is 11.0. The van der Waals surface area contributed by atoms with Gasteiger partial charge in [0.25, 0.3) is 11.8 Å². The summed E-state index contributed by atoms with van der Waals surface area (Å²) in [7, 11) is 0. The van der Waals surface area contributed by atoms with Gasteiger partial charge in [0.2, 0.25) is 5.91 Å². The van der Waals surface area contributed by atoms with Crippen LogP contribution in [0.1, 0.15) is 34.3 Å². The number of anilines is 1. The van der Waals surface area contributed by atoms with Gasteiger partial charge >= 0.3 is 0 Å². The number of carbonyl (C=O) groups excluding carboxylic acids is 3. The van der Waals surface area contributed by atoms with Crippen molar-refractivity contribution in [3.63, 3.8) is 0 Å². The highest BCUT2D eigenvalue weighted by Gasteiger charge is 2.19. The van der Waals surface area contributed by atoms with Gasteiger partial charge in [-0.1, -0.05) is 11.8 Å². The van der Waals surface area contributed by atoms with Gasteiger partial charge in [0, 0.05) is 35.5 Å². The van der Waals surface area contributed by atoms with E-state index < -0.39 is 23.9 Å². The third kappa shape index (κ3) is 9.07. The minimum Gasteiger partial charge on any atom is -0.370 e. The average Bonchev–Trinajstić information content (AvgIpc) is 2.88. The number of benzene rings is 2. The second kappa shape index (κ2) is 14.1. The molecule has 0 unspecified atom stereocenters. The van der Waals surface area contributed by atoms with Crippen molar-refractivity contribution in [2.24, 2.45) is 17.2 Å². The van der Waals surface area contributed by atoms with Gasteiger partial charge in [-0.15, -0.1) is 0 Å². The van der Waals surface area contributed by atoms with Crippen LogP contribution in [-0.2, 0) is 9.59 Å². The molecule has 190 valence electrons. The largest absolute Gasteiger partial charge is 0.370 e. The predicted octanol–water partition coefficient (Wildman–Crippen LogP) is -0.822. The van der Waals surface area contributed by atoms with Crippen LogP contribution in [-0.4, -0.2) is 54.1 Å². The molecule has 0 heterocycles. The molecule has 0 radical (unpaired) electrons. The number of hydroxylamine groups is 1. The Morgan fingerprint density at radius 3 is 2.08 bits per heavy atom. The third-order valence-electron chi connectivity index (χ3n) is 4.96. The normalized spacial score (nSPS) is 11.8. The van der Waals surface area contributed by atoms with Crippen molar-refractivity contribution in [1.82, 2.24) is 16.1 Å². The van der Waals surface area contributed by atoms with Crippen LogP contribution < -0.4 is 38.6 Å². The van der Waals surface area contributed by atoms with Crippen LogP contribution in [0.15, 0.2) is 48.5 Å². The molecule has 2 aromatic carbocycles. The highest BCUT2D eigenvalue weighted by atomic mass is 16.5. The Bertz CT molecular complexity index is 1120. The van der Waals surface area contributed by atoms with E-state index in [0.717, 1.165) is 5.56 Å². The molecule has 0 bridgehead atoms. The van der Waals surface area contributed by atoms with E-state index >= 15 is 0 Å². The van der Waals surface area contributed by atoms with Crippen molar-refractivity contribution in [2.45, 2.75) is 24.9 Å². The first-order valence-corrected chi connectivity index (χ1v) is 11.0. The minimum atomic E-state index is -1.06. The van der Waals surface area contributed by atoms with E-state index in [4.69, 9.17) is 27.8 Å².